The van der Waals surface area contributed by atoms with Crippen LogP contribution >= 0.6 is 0 Å². The summed E-state index contributed by atoms with van der Waals surface area (Å²) in [5, 5.41) is 9.83. The van der Waals surface area contributed by atoms with Gasteiger partial charge in [0.1, 0.15) is 0 Å². The van der Waals surface area contributed by atoms with Gasteiger partial charge in [0.15, 0.2) is 9.84 Å². The number of rotatable bonds is 3. The van der Waals surface area contributed by atoms with Gasteiger partial charge in [-0.1, -0.05) is 48.0 Å². The van der Waals surface area contributed by atoms with Crippen LogP contribution in [0, 0.1) is 6.92 Å². The van der Waals surface area contributed by atoms with Crippen molar-refractivity contribution in [2.75, 3.05) is 12.4 Å². The van der Waals surface area contributed by atoms with Crippen LogP contribution in [0.15, 0.2) is 53.4 Å². The van der Waals surface area contributed by atoms with Gasteiger partial charge in [-0.3, -0.25) is 0 Å². The van der Waals surface area contributed by atoms with Gasteiger partial charge < -0.3 is 5.11 Å². The summed E-state index contributed by atoms with van der Waals surface area (Å²) in [6.07, 6.45) is 0. The molecule has 2 atom stereocenters. The van der Waals surface area contributed by atoms with Gasteiger partial charge in [0.25, 0.3) is 0 Å². The van der Waals surface area contributed by atoms with Crippen LogP contribution in [0.25, 0.3) is 0 Å². The molecule has 0 aliphatic carbocycles. The lowest BCUT2D eigenvalue weighted by atomic mass is 9.83. The van der Waals surface area contributed by atoms with E-state index in [4.69, 9.17) is 0 Å². The fourth-order valence-electron chi connectivity index (χ4n) is 3.18. The monoisotopic (exact) mass is 302 g/mol. The molecule has 3 rings (SSSR count). The molecule has 0 spiro atoms. The molecule has 2 aromatic carbocycles. The SMILES string of the molecule is Cc1cccc(C(CO)C2CS(=O)(=O)c3ccccc32)c1. The Hall–Kier alpha value is -1.65. The number of aryl methyl sites for hydroxylation is 1. The molecule has 110 valence electrons. The van der Waals surface area contributed by atoms with Crippen molar-refractivity contribution in [1.82, 2.24) is 0 Å². The van der Waals surface area contributed by atoms with Crippen LogP contribution in [0.5, 0.6) is 0 Å². The molecule has 1 heterocycles. The summed E-state index contributed by atoms with van der Waals surface area (Å²) in [6, 6.07) is 15.1. The molecule has 2 unspecified atom stereocenters. The first kappa shape index (κ1) is 14.3. The van der Waals surface area contributed by atoms with E-state index in [2.05, 4.69) is 0 Å². The lowest BCUT2D eigenvalue weighted by Gasteiger charge is -2.22. The standard InChI is InChI=1S/C17H18O3S/c1-12-5-4-6-13(9-12)15(10-18)16-11-21(19,20)17-8-3-2-7-14(16)17/h2-9,15-16,18H,10-11H2,1H3. The fourth-order valence-corrected chi connectivity index (χ4v) is 5.11. The van der Waals surface area contributed by atoms with E-state index in [9.17, 15) is 13.5 Å². The minimum absolute atomic E-state index is 0.0576. The highest BCUT2D eigenvalue weighted by molar-refractivity contribution is 7.91. The Labute approximate surface area is 125 Å². The number of hydrogen-bond donors (Lipinski definition) is 1. The molecule has 0 radical (unpaired) electrons. The Morgan fingerprint density at radius 2 is 1.95 bits per heavy atom. The second-order valence-corrected chi connectivity index (χ2v) is 7.63. The van der Waals surface area contributed by atoms with Crippen LogP contribution < -0.4 is 0 Å². The number of hydrogen-bond acceptors (Lipinski definition) is 3. The van der Waals surface area contributed by atoms with Gasteiger partial charge in [0.05, 0.1) is 17.3 Å². The normalized spacial score (nSPS) is 21.0. The predicted octanol–water partition coefficient (Wildman–Crippen LogP) is 2.64. The van der Waals surface area contributed by atoms with Gasteiger partial charge in [-0.25, -0.2) is 8.42 Å². The van der Waals surface area contributed by atoms with Gasteiger partial charge in [-0.15, -0.1) is 0 Å². The maximum absolute atomic E-state index is 12.3. The molecule has 0 bridgehead atoms. The molecule has 1 N–H and O–H groups in total. The van der Waals surface area contributed by atoms with Crippen molar-refractivity contribution in [3.8, 4) is 0 Å². The first-order valence-electron chi connectivity index (χ1n) is 7.02. The van der Waals surface area contributed by atoms with Crippen LogP contribution in [0.1, 0.15) is 28.5 Å². The fraction of sp³-hybridized carbons (Fsp3) is 0.294. The highest BCUT2D eigenvalue weighted by Gasteiger charge is 2.39. The quantitative estimate of drug-likeness (QED) is 0.948. The maximum atomic E-state index is 12.3. The van der Waals surface area contributed by atoms with Gasteiger partial charge in [-0.2, -0.15) is 0 Å². The zero-order valence-electron chi connectivity index (χ0n) is 11.9. The van der Waals surface area contributed by atoms with Gasteiger partial charge in [-0.05, 0) is 24.1 Å². The largest absolute Gasteiger partial charge is 0.396 e. The molecule has 0 aromatic heterocycles. The summed E-state index contributed by atoms with van der Waals surface area (Å²) >= 11 is 0. The summed E-state index contributed by atoms with van der Waals surface area (Å²) in [5.74, 6) is -0.299. The molecule has 0 amide bonds. The molecule has 21 heavy (non-hydrogen) atoms. The molecule has 1 aliphatic heterocycles. The Morgan fingerprint density at radius 1 is 1.19 bits per heavy atom. The lowest BCUT2D eigenvalue weighted by molar-refractivity contribution is 0.252. The number of aliphatic hydroxyl groups excluding tert-OH is 1. The number of benzene rings is 2. The molecule has 0 fully saturated rings. The summed E-state index contributed by atoms with van der Waals surface area (Å²) in [6.45, 7) is 1.94. The van der Waals surface area contributed by atoms with E-state index in [1.807, 2.05) is 43.3 Å². The average Bonchev–Trinajstić information content (AvgIpc) is 2.73. The molecule has 4 heteroatoms. The number of fused-ring (bicyclic) bond motifs is 1. The van der Waals surface area contributed by atoms with E-state index in [1.165, 1.54) is 0 Å². The minimum atomic E-state index is -3.24. The maximum Gasteiger partial charge on any atom is 0.179 e. The lowest BCUT2D eigenvalue weighted by Crippen LogP contribution is -2.17. The second-order valence-electron chi connectivity index (χ2n) is 5.63. The van der Waals surface area contributed by atoms with Crippen molar-refractivity contribution in [2.45, 2.75) is 23.7 Å². The molecule has 3 nitrogen and oxygen atoms in total. The number of aliphatic hydroxyl groups is 1. The molecule has 0 saturated carbocycles. The third-order valence-corrected chi connectivity index (χ3v) is 6.05. The van der Waals surface area contributed by atoms with Gasteiger partial charge >= 0.3 is 0 Å². The summed E-state index contributed by atoms with van der Waals surface area (Å²) in [5.41, 5.74) is 2.94. The predicted molar refractivity (Wildman–Crippen MR) is 82.2 cm³/mol. The molecule has 1 aliphatic rings. The van der Waals surface area contributed by atoms with Crippen molar-refractivity contribution < 1.29 is 13.5 Å². The van der Waals surface area contributed by atoms with Crippen LogP contribution in [0.3, 0.4) is 0 Å². The highest BCUT2D eigenvalue weighted by Crippen LogP contribution is 2.43. The number of sulfone groups is 1. The van der Waals surface area contributed by atoms with Crippen LogP contribution in [0.4, 0.5) is 0 Å². The van der Waals surface area contributed by atoms with Gasteiger partial charge in [0.2, 0.25) is 0 Å². The van der Waals surface area contributed by atoms with Crippen LogP contribution in [-0.2, 0) is 9.84 Å². The smallest absolute Gasteiger partial charge is 0.179 e. The van der Waals surface area contributed by atoms with Crippen molar-refractivity contribution in [3.05, 3.63) is 65.2 Å². The Kier molecular flexibility index (Phi) is 3.59. The third kappa shape index (κ3) is 2.49. The molecule has 0 saturated heterocycles. The van der Waals surface area contributed by atoms with E-state index in [0.717, 1.165) is 16.7 Å². The summed E-state index contributed by atoms with van der Waals surface area (Å²) < 4.78 is 24.6. The molecule has 2 aromatic rings. The first-order valence-corrected chi connectivity index (χ1v) is 8.67. The van der Waals surface area contributed by atoms with E-state index in [1.54, 1.807) is 12.1 Å². The van der Waals surface area contributed by atoms with E-state index in [0.29, 0.717) is 4.90 Å². The minimum Gasteiger partial charge on any atom is -0.396 e. The van der Waals surface area contributed by atoms with E-state index < -0.39 is 9.84 Å². The zero-order chi connectivity index (χ0) is 15.0. The van der Waals surface area contributed by atoms with E-state index >= 15 is 0 Å². The first-order chi connectivity index (χ1) is 10.0. The Balaban J connectivity index is 2.08. The highest BCUT2D eigenvalue weighted by atomic mass is 32.2. The van der Waals surface area contributed by atoms with Crippen LogP contribution in [-0.4, -0.2) is 25.9 Å². The van der Waals surface area contributed by atoms with Crippen molar-refractivity contribution in [2.24, 2.45) is 0 Å². The third-order valence-electron chi connectivity index (χ3n) is 4.21. The topological polar surface area (TPSA) is 54.4 Å². The van der Waals surface area contributed by atoms with Crippen molar-refractivity contribution in [3.63, 3.8) is 0 Å². The average molecular weight is 302 g/mol. The van der Waals surface area contributed by atoms with Crippen molar-refractivity contribution in [1.29, 1.82) is 0 Å². The van der Waals surface area contributed by atoms with Gasteiger partial charge in [0, 0.05) is 11.8 Å². The zero-order valence-corrected chi connectivity index (χ0v) is 12.7. The Bertz CT molecular complexity index is 765. The van der Waals surface area contributed by atoms with Crippen LogP contribution in [0.2, 0.25) is 0 Å². The van der Waals surface area contributed by atoms with E-state index in [-0.39, 0.29) is 24.2 Å². The second kappa shape index (κ2) is 5.28. The molecular weight excluding hydrogens is 284 g/mol. The summed E-state index contributed by atoms with van der Waals surface area (Å²) in [7, 11) is -3.24. The van der Waals surface area contributed by atoms with Crippen molar-refractivity contribution >= 4 is 9.84 Å². The molecular formula is C17H18O3S. The Morgan fingerprint density at radius 3 is 2.67 bits per heavy atom. The summed E-state index contributed by atoms with van der Waals surface area (Å²) in [4.78, 5) is 0.418.